The van der Waals surface area contributed by atoms with E-state index in [9.17, 15) is 13.6 Å². The third-order valence-corrected chi connectivity index (χ3v) is 3.54. The van der Waals surface area contributed by atoms with E-state index in [1.807, 2.05) is 0 Å². The minimum absolute atomic E-state index is 0.131. The molecule has 0 aliphatic heterocycles. The standard InChI is InChI=1S/C18H11ClF2N2O2/c19-12-3-1-11(2-4-12)18(24)23-22-10-14-6-8-17(25-14)15-7-5-13(20)9-16(15)21/h1-10H,(H,23,24)/b22-10-. The van der Waals surface area contributed by atoms with Gasteiger partial charge in [0.1, 0.15) is 23.2 Å². The molecule has 0 radical (unpaired) electrons. The highest BCUT2D eigenvalue weighted by molar-refractivity contribution is 6.30. The molecule has 0 saturated carbocycles. The van der Waals surface area contributed by atoms with Gasteiger partial charge in [-0.25, -0.2) is 14.2 Å². The zero-order valence-electron chi connectivity index (χ0n) is 12.7. The lowest BCUT2D eigenvalue weighted by Gasteiger charge is -2.00. The maximum Gasteiger partial charge on any atom is 0.271 e. The molecule has 0 aliphatic carbocycles. The number of nitrogens with one attached hydrogen (secondary N) is 1. The fourth-order valence-corrected chi connectivity index (χ4v) is 2.20. The first kappa shape index (κ1) is 16.9. The molecule has 0 aliphatic rings. The van der Waals surface area contributed by atoms with Crippen molar-refractivity contribution < 1.29 is 18.0 Å². The molecule has 3 aromatic rings. The summed E-state index contributed by atoms with van der Waals surface area (Å²) in [7, 11) is 0. The Hall–Kier alpha value is -2.99. The summed E-state index contributed by atoms with van der Waals surface area (Å²) in [5, 5.41) is 4.30. The fraction of sp³-hybridized carbons (Fsp3) is 0. The van der Waals surface area contributed by atoms with Gasteiger partial charge >= 0.3 is 0 Å². The Morgan fingerprint density at radius 3 is 2.56 bits per heavy atom. The normalized spacial score (nSPS) is 11.0. The quantitative estimate of drug-likeness (QED) is 0.544. The highest BCUT2D eigenvalue weighted by Gasteiger charge is 2.10. The number of benzene rings is 2. The molecular weight excluding hydrogens is 350 g/mol. The number of amides is 1. The second-order valence-electron chi connectivity index (χ2n) is 5.03. The highest BCUT2D eigenvalue weighted by Crippen LogP contribution is 2.25. The summed E-state index contributed by atoms with van der Waals surface area (Å²) in [6.07, 6.45) is 1.28. The van der Waals surface area contributed by atoms with Crippen molar-refractivity contribution in [3.8, 4) is 11.3 Å². The van der Waals surface area contributed by atoms with Gasteiger partial charge < -0.3 is 4.42 Å². The predicted octanol–water partition coefficient (Wildman–Crippen LogP) is 4.64. The lowest BCUT2D eigenvalue weighted by atomic mass is 10.1. The van der Waals surface area contributed by atoms with Crippen molar-refractivity contribution in [2.45, 2.75) is 0 Å². The van der Waals surface area contributed by atoms with Gasteiger partial charge in [0.2, 0.25) is 0 Å². The minimum Gasteiger partial charge on any atom is -0.455 e. The van der Waals surface area contributed by atoms with Crippen LogP contribution in [0.3, 0.4) is 0 Å². The zero-order chi connectivity index (χ0) is 17.8. The first-order valence-corrected chi connectivity index (χ1v) is 7.55. The summed E-state index contributed by atoms with van der Waals surface area (Å²) in [6.45, 7) is 0. The van der Waals surface area contributed by atoms with Crippen molar-refractivity contribution in [2.75, 3.05) is 0 Å². The van der Waals surface area contributed by atoms with Crippen LogP contribution in [0.15, 0.2) is 64.1 Å². The molecule has 0 atom stereocenters. The molecule has 4 nitrogen and oxygen atoms in total. The van der Waals surface area contributed by atoms with Crippen molar-refractivity contribution >= 4 is 23.7 Å². The Bertz CT molecular complexity index is 937. The number of hydrogen-bond acceptors (Lipinski definition) is 3. The molecule has 0 bridgehead atoms. The van der Waals surface area contributed by atoms with Gasteiger partial charge in [-0.15, -0.1) is 0 Å². The van der Waals surface area contributed by atoms with Gasteiger partial charge in [0.05, 0.1) is 11.8 Å². The van der Waals surface area contributed by atoms with E-state index in [0.29, 0.717) is 16.3 Å². The molecule has 2 aromatic carbocycles. The van der Waals surface area contributed by atoms with Gasteiger partial charge in [0.15, 0.2) is 0 Å². The molecule has 0 fully saturated rings. The Balaban J connectivity index is 1.67. The Kier molecular flexibility index (Phi) is 4.90. The fourth-order valence-electron chi connectivity index (χ4n) is 2.08. The molecule has 0 spiro atoms. The zero-order valence-corrected chi connectivity index (χ0v) is 13.4. The van der Waals surface area contributed by atoms with Crippen molar-refractivity contribution in [3.05, 3.63) is 82.6 Å². The first-order chi connectivity index (χ1) is 12.0. The average Bonchev–Trinajstić information content (AvgIpc) is 3.04. The summed E-state index contributed by atoms with van der Waals surface area (Å²) in [5.41, 5.74) is 2.87. The second kappa shape index (κ2) is 7.27. The summed E-state index contributed by atoms with van der Waals surface area (Å²) >= 11 is 5.75. The van der Waals surface area contributed by atoms with E-state index in [0.717, 1.165) is 12.1 Å². The van der Waals surface area contributed by atoms with Crippen LogP contribution in [-0.2, 0) is 0 Å². The molecule has 1 amide bonds. The number of halogens is 3. The summed E-state index contributed by atoms with van der Waals surface area (Å²) in [6, 6.07) is 12.6. The van der Waals surface area contributed by atoms with Crippen molar-refractivity contribution in [1.82, 2.24) is 5.43 Å². The molecule has 25 heavy (non-hydrogen) atoms. The highest BCUT2D eigenvalue weighted by atomic mass is 35.5. The van der Waals surface area contributed by atoms with E-state index in [4.69, 9.17) is 16.0 Å². The lowest BCUT2D eigenvalue weighted by Crippen LogP contribution is -2.17. The van der Waals surface area contributed by atoms with Crippen LogP contribution >= 0.6 is 11.6 Å². The van der Waals surface area contributed by atoms with Crippen LogP contribution in [0.4, 0.5) is 8.78 Å². The van der Waals surface area contributed by atoms with Crippen molar-refractivity contribution in [1.29, 1.82) is 0 Å². The van der Waals surface area contributed by atoms with E-state index in [1.54, 1.807) is 30.3 Å². The number of hydrogen-bond donors (Lipinski definition) is 1. The van der Waals surface area contributed by atoms with Crippen LogP contribution in [0.1, 0.15) is 16.1 Å². The first-order valence-electron chi connectivity index (χ1n) is 7.17. The van der Waals surface area contributed by atoms with E-state index < -0.39 is 17.5 Å². The molecule has 3 rings (SSSR count). The number of carbonyl (C=O) groups excluding carboxylic acids is 1. The van der Waals surface area contributed by atoms with E-state index >= 15 is 0 Å². The van der Waals surface area contributed by atoms with E-state index in [2.05, 4.69) is 10.5 Å². The van der Waals surface area contributed by atoms with Crippen LogP contribution < -0.4 is 5.43 Å². The predicted molar refractivity (Wildman–Crippen MR) is 90.6 cm³/mol. The van der Waals surface area contributed by atoms with Gasteiger partial charge in [-0.2, -0.15) is 5.10 Å². The van der Waals surface area contributed by atoms with Gasteiger partial charge in [-0.05, 0) is 48.5 Å². The van der Waals surface area contributed by atoms with E-state index in [1.165, 1.54) is 18.3 Å². The topological polar surface area (TPSA) is 54.6 Å². The number of nitrogens with zero attached hydrogens (tertiary/aromatic N) is 1. The van der Waals surface area contributed by atoms with Gasteiger partial charge in [0.25, 0.3) is 5.91 Å². The van der Waals surface area contributed by atoms with Gasteiger partial charge in [0, 0.05) is 16.7 Å². The number of rotatable bonds is 4. The summed E-state index contributed by atoms with van der Waals surface area (Å²) < 4.78 is 32.1. The molecule has 1 heterocycles. The molecule has 1 aromatic heterocycles. The van der Waals surface area contributed by atoms with Crippen molar-refractivity contribution in [3.63, 3.8) is 0 Å². The number of carbonyl (C=O) groups is 1. The smallest absolute Gasteiger partial charge is 0.271 e. The third kappa shape index (κ3) is 4.10. The van der Waals surface area contributed by atoms with Crippen LogP contribution in [0.5, 0.6) is 0 Å². The minimum atomic E-state index is -0.728. The number of hydrazone groups is 1. The molecule has 0 unspecified atom stereocenters. The van der Waals surface area contributed by atoms with Crippen LogP contribution in [-0.4, -0.2) is 12.1 Å². The molecule has 1 N–H and O–H groups in total. The number of furan rings is 1. The molecule has 126 valence electrons. The second-order valence-corrected chi connectivity index (χ2v) is 5.47. The monoisotopic (exact) mass is 360 g/mol. The van der Waals surface area contributed by atoms with Crippen LogP contribution in [0.25, 0.3) is 11.3 Å². The maximum atomic E-state index is 13.7. The lowest BCUT2D eigenvalue weighted by molar-refractivity contribution is 0.0955. The summed E-state index contributed by atoms with van der Waals surface area (Å²) in [5.74, 6) is -1.28. The van der Waals surface area contributed by atoms with Crippen molar-refractivity contribution in [2.24, 2.45) is 5.10 Å². The molecule has 7 heteroatoms. The molecular formula is C18H11ClF2N2O2. The Morgan fingerprint density at radius 2 is 1.84 bits per heavy atom. The third-order valence-electron chi connectivity index (χ3n) is 3.29. The Morgan fingerprint density at radius 1 is 1.08 bits per heavy atom. The largest absolute Gasteiger partial charge is 0.455 e. The van der Waals surface area contributed by atoms with Crippen LogP contribution in [0, 0.1) is 11.6 Å². The molecule has 0 saturated heterocycles. The van der Waals surface area contributed by atoms with Gasteiger partial charge in [-0.1, -0.05) is 11.6 Å². The SMILES string of the molecule is O=C(N/N=C\c1ccc(-c2ccc(F)cc2F)o1)c1ccc(Cl)cc1. The summed E-state index contributed by atoms with van der Waals surface area (Å²) in [4.78, 5) is 11.9. The Labute approximate surface area is 146 Å². The average molecular weight is 361 g/mol. The van der Waals surface area contributed by atoms with Crippen LogP contribution in [0.2, 0.25) is 5.02 Å². The van der Waals surface area contributed by atoms with E-state index in [-0.39, 0.29) is 11.3 Å². The maximum absolute atomic E-state index is 13.7. The van der Waals surface area contributed by atoms with Gasteiger partial charge in [-0.3, -0.25) is 4.79 Å².